The summed E-state index contributed by atoms with van der Waals surface area (Å²) in [5.74, 6) is -0.589. The number of hydrogen-bond donors (Lipinski definition) is 1. The second-order valence-corrected chi connectivity index (χ2v) is 9.71. The van der Waals surface area contributed by atoms with Gasteiger partial charge in [0.2, 0.25) is 0 Å². The summed E-state index contributed by atoms with van der Waals surface area (Å²) < 4.78 is 7.79. The fourth-order valence-corrected chi connectivity index (χ4v) is 4.53. The number of thiophene rings is 1. The zero-order chi connectivity index (χ0) is 22.9. The number of halogens is 1. The number of ether oxygens (including phenoxy) is 1. The van der Waals surface area contributed by atoms with E-state index >= 15 is 0 Å². The SMILES string of the molecule is CC(C)(C)c1cc(NC(=O)COC(=O)c2sc3ccccc3c2Cl)n(-c2ccccc2)n1. The van der Waals surface area contributed by atoms with Crippen LogP contribution in [-0.4, -0.2) is 28.3 Å². The van der Waals surface area contributed by atoms with Crippen molar-refractivity contribution in [2.75, 3.05) is 11.9 Å². The second-order valence-electron chi connectivity index (χ2n) is 8.28. The lowest BCUT2D eigenvalue weighted by Crippen LogP contribution is -2.22. The molecule has 2 heterocycles. The summed E-state index contributed by atoms with van der Waals surface area (Å²) in [7, 11) is 0. The van der Waals surface area contributed by atoms with Gasteiger partial charge in [-0.05, 0) is 18.2 Å². The third-order valence-corrected chi connectivity index (χ3v) is 6.46. The highest BCUT2D eigenvalue weighted by Crippen LogP contribution is 2.35. The Morgan fingerprint density at radius 3 is 2.47 bits per heavy atom. The Labute approximate surface area is 194 Å². The number of nitrogens with zero attached hydrogens (tertiary/aromatic N) is 2. The molecule has 0 aliphatic heterocycles. The van der Waals surface area contributed by atoms with Crippen molar-refractivity contribution in [2.45, 2.75) is 26.2 Å². The maximum Gasteiger partial charge on any atom is 0.350 e. The van der Waals surface area contributed by atoms with Crippen LogP contribution in [0.25, 0.3) is 15.8 Å². The number of benzene rings is 2. The number of nitrogens with one attached hydrogen (secondary N) is 1. The maximum absolute atomic E-state index is 12.6. The molecular weight excluding hydrogens is 446 g/mol. The molecule has 32 heavy (non-hydrogen) atoms. The van der Waals surface area contributed by atoms with Crippen LogP contribution in [0.15, 0.2) is 60.7 Å². The molecule has 0 saturated heterocycles. The van der Waals surface area contributed by atoms with Crippen molar-refractivity contribution in [3.05, 3.63) is 76.3 Å². The van der Waals surface area contributed by atoms with Crippen molar-refractivity contribution in [2.24, 2.45) is 0 Å². The van der Waals surface area contributed by atoms with Gasteiger partial charge in [0, 0.05) is 21.6 Å². The van der Waals surface area contributed by atoms with Gasteiger partial charge in [0.15, 0.2) is 6.61 Å². The van der Waals surface area contributed by atoms with Gasteiger partial charge >= 0.3 is 5.97 Å². The number of fused-ring (bicyclic) bond motifs is 1. The summed E-state index contributed by atoms with van der Waals surface area (Å²) in [6.07, 6.45) is 0. The lowest BCUT2D eigenvalue weighted by Gasteiger charge is -2.14. The van der Waals surface area contributed by atoms with E-state index in [0.717, 1.165) is 21.5 Å². The summed E-state index contributed by atoms with van der Waals surface area (Å²) in [6, 6.07) is 18.8. The third kappa shape index (κ3) is 4.54. The molecular formula is C24H22ClN3O3S. The van der Waals surface area contributed by atoms with E-state index in [1.165, 1.54) is 11.3 Å². The standard InChI is InChI=1S/C24H22ClN3O3S/c1-24(2,3)18-13-19(28(27-18)15-9-5-4-6-10-15)26-20(29)14-31-23(30)22-21(25)16-11-7-8-12-17(16)32-22/h4-13H,14H2,1-3H3,(H,26,29). The number of hydrogen-bond acceptors (Lipinski definition) is 5. The van der Waals surface area contributed by atoms with Gasteiger partial charge in [-0.15, -0.1) is 11.3 Å². The van der Waals surface area contributed by atoms with Gasteiger partial charge in [-0.1, -0.05) is 68.8 Å². The molecule has 2 aromatic heterocycles. The summed E-state index contributed by atoms with van der Waals surface area (Å²) in [4.78, 5) is 25.4. The molecule has 0 saturated carbocycles. The van der Waals surface area contributed by atoms with Crippen molar-refractivity contribution in [1.82, 2.24) is 9.78 Å². The van der Waals surface area contributed by atoms with Crippen LogP contribution in [0.1, 0.15) is 36.1 Å². The molecule has 0 atom stereocenters. The number of anilines is 1. The first-order valence-corrected chi connectivity index (χ1v) is 11.2. The van der Waals surface area contributed by atoms with Gasteiger partial charge in [0.05, 0.1) is 16.4 Å². The predicted molar refractivity (Wildman–Crippen MR) is 128 cm³/mol. The number of esters is 1. The zero-order valence-electron chi connectivity index (χ0n) is 17.9. The molecule has 0 spiro atoms. The van der Waals surface area contributed by atoms with Gasteiger partial charge < -0.3 is 10.1 Å². The lowest BCUT2D eigenvalue weighted by molar-refractivity contribution is -0.119. The second kappa shape index (κ2) is 8.76. The highest BCUT2D eigenvalue weighted by atomic mass is 35.5. The Balaban J connectivity index is 1.49. The minimum Gasteiger partial charge on any atom is -0.451 e. The van der Waals surface area contributed by atoms with E-state index in [9.17, 15) is 9.59 Å². The van der Waals surface area contributed by atoms with Crippen molar-refractivity contribution in [3.8, 4) is 5.69 Å². The van der Waals surface area contributed by atoms with Crippen molar-refractivity contribution in [1.29, 1.82) is 0 Å². The van der Waals surface area contributed by atoms with Crippen molar-refractivity contribution in [3.63, 3.8) is 0 Å². The molecule has 4 aromatic rings. The fourth-order valence-electron chi connectivity index (χ4n) is 3.12. The molecule has 2 aromatic carbocycles. The van der Waals surface area contributed by atoms with Crippen LogP contribution in [0, 0.1) is 0 Å². The van der Waals surface area contributed by atoms with Crippen LogP contribution in [0.5, 0.6) is 0 Å². The normalized spacial score (nSPS) is 11.5. The van der Waals surface area contributed by atoms with Gasteiger partial charge in [0.25, 0.3) is 5.91 Å². The van der Waals surface area contributed by atoms with E-state index in [2.05, 4.69) is 10.4 Å². The summed E-state index contributed by atoms with van der Waals surface area (Å²) >= 11 is 7.57. The maximum atomic E-state index is 12.6. The molecule has 4 rings (SSSR count). The van der Waals surface area contributed by atoms with Gasteiger partial charge in [-0.25, -0.2) is 9.48 Å². The van der Waals surface area contributed by atoms with Crippen LogP contribution < -0.4 is 5.32 Å². The topological polar surface area (TPSA) is 73.2 Å². The van der Waals surface area contributed by atoms with Crippen LogP contribution in [0.2, 0.25) is 5.02 Å². The first-order valence-electron chi connectivity index (χ1n) is 10.0. The number of carbonyl (C=O) groups excluding carboxylic acids is 2. The molecule has 0 aliphatic rings. The number of para-hydroxylation sites is 1. The minimum atomic E-state index is -0.627. The van der Waals surface area contributed by atoms with Gasteiger partial charge in [-0.2, -0.15) is 5.10 Å². The monoisotopic (exact) mass is 467 g/mol. The minimum absolute atomic E-state index is 0.204. The van der Waals surface area contributed by atoms with Crippen LogP contribution in [-0.2, 0) is 14.9 Å². The van der Waals surface area contributed by atoms with Crippen molar-refractivity contribution < 1.29 is 14.3 Å². The summed E-state index contributed by atoms with van der Waals surface area (Å²) in [6.45, 7) is 5.71. The first kappa shape index (κ1) is 22.0. The van der Waals surface area contributed by atoms with E-state index in [1.807, 2.05) is 81.4 Å². The molecule has 164 valence electrons. The van der Waals surface area contributed by atoms with E-state index in [0.29, 0.717) is 10.8 Å². The molecule has 0 bridgehead atoms. The quantitative estimate of drug-likeness (QED) is 0.374. The van der Waals surface area contributed by atoms with Gasteiger partial charge in [-0.3, -0.25) is 4.79 Å². The van der Waals surface area contributed by atoms with E-state index in [-0.39, 0.29) is 10.3 Å². The number of amides is 1. The Morgan fingerprint density at radius 1 is 1.09 bits per heavy atom. The van der Waals surface area contributed by atoms with E-state index in [1.54, 1.807) is 4.68 Å². The van der Waals surface area contributed by atoms with Crippen molar-refractivity contribution >= 4 is 50.7 Å². The molecule has 0 radical (unpaired) electrons. The Hall–Kier alpha value is -3.16. The Bertz CT molecular complexity index is 1290. The summed E-state index contributed by atoms with van der Waals surface area (Å²) in [5.41, 5.74) is 1.43. The third-order valence-electron chi connectivity index (χ3n) is 4.80. The van der Waals surface area contributed by atoms with Crippen LogP contribution in [0.3, 0.4) is 0 Å². The molecule has 8 heteroatoms. The number of aromatic nitrogens is 2. The Kier molecular flexibility index (Phi) is 6.04. The molecule has 0 aliphatic carbocycles. The average molecular weight is 468 g/mol. The Morgan fingerprint density at radius 2 is 1.78 bits per heavy atom. The molecule has 0 fully saturated rings. The lowest BCUT2D eigenvalue weighted by atomic mass is 9.92. The average Bonchev–Trinajstić information content (AvgIpc) is 3.34. The fraction of sp³-hybridized carbons (Fsp3) is 0.208. The number of rotatable bonds is 5. The zero-order valence-corrected chi connectivity index (χ0v) is 19.5. The smallest absolute Gasteiger partial charge is 0.350 e. The van der Waals surface area contributed by atoms with Crippen LogP contribution >= 0.6 is 22.9 Å². The predicted octanol–water partition coefficient (Wildman–Crippen LogP) is 5.83. The van der Waals surface area contributed by atoms with Crippen LogP contribution in [0.4, 0.5) is 5.82 Å². The molecule has 1 N–H and O–H groups in total. The molecule has 6 nitrogen and oxygen atoms in total. The summed E-state index contributed by atoms with van der Waals surface area (Å²) in [5, 5.41) is 8.60. The first-order chi connectivity index (χ1) is 15.2. The largest absolute Gasteiger partial charge is 0.451 e. The van der Waals surface area contributed by atoms with Gasteiger partial charge in [0.1, 0.15) is 10.7 Å². The van der Waals surface area contributed by atoms with E-state index < -0.39 is 18.5 Å². The highest BCUT2D eigenvalue weighted by molar-refractivity contribution is 7.21. The van der Waals surface area contributed by atoms with E-state index in [4.69, 9.17) is 16.3 Å². The molecule has 0 unspecified atom stereocenters. The number of carbonyl (C=O) groups is 2. The highest BCUT2D eigenvalue weighted by Gasteiger charge is 2.23. The molecule has 1 amide bonds.